The quantitative estimate of drug-likeness (QED) is 0.481. The van der Waals surface area contributed by atoms with E-state index in [1.165, 1.54) is 0 Å². The number of thiol groups is 1. The lowest BCUT2D eigenvalue weighted by Crippen LogP contribution is -2.14. The van der Waals surface area contributed by atoms with E-state index in [0.29, 0.717) is 30.8 Å². The van der Waals surface area contributed by atoms with Gasteiger partial charge in [-0.3, -0.25) is 9.82 Å². The van der Waals surface area contributed by atoms with Crippen LogP contribution in [0.5, 0.6) is 0 Å². The second-order valence-electron chi connectivity index (χ2n) is 5.78. The molecule has 0 bridgehead atoms. The van der Waals surface area contributed by atoms with Gasteiger partial charge in [-0.2, -0.15) is 5.10 Å². The van der Waals surface area contributed by atoms with Crippen molar-refractivity contribution in [2.24, 2.45) is 0 Å². The van der Waals surface area contributed by atoms with Crippen LogP contribution in [0.2, 0.25) is 5.02 Å². The van der Waals surface area contributed by atoms with Gasteiger partial charge < -0.3 is 5.11 Å². The van der Waals surface area contributed by atoms with Crippen LogP contribution in [0.4, 0.5) is 0 Å². The number of benzene rings is 2. The third kappa shape index (κ3) is 3.75. The Morgan fingerprint density at radius 2 is 1.96 bits per heavy atom. The molecule has 1 atom stereocenters. The largest absolute Gasteiger partial charge is 0.393 e. The van der Waals surface area contributed by atoms with Crippen molar-refractivity contribution in [3.8, 4) is 11.3 Å². The second kappa shape index (κ2) is 8.03. The summed E-state index contributed by atoms with van der Waals surface area (Å²) in [5, 5.41) is 19.4. The van der Waals surface area contributed by atoms with Crippen molar-refractivity contribution in [2.75, 3.05) is 6.54 Å². The number of halogens is 1. The van der Waals surface area contributed by atoms with Gasteiger partial charge in [-0.05, 0) is 37.0 Å². The maximum atomic E-state index is 10.0. The Morgan fingerprint density at radius 3 is 2.71 bits per heavy atom. The number of aliphatic hydroxyl groups is 1. The van der Waals surface area contributed by atoms with E-state index in [-0.39, 0.29) is 6.10 Å². The van der Waals surface area contributed by atoms with E-state index in [0.717, 1.165) is 27.7 Å². The highest BCUT2D eigenvalue weighted by molar-refractivity contribution is 7.78. The van der Waals surface area contributed by atoms with Crippen LogP contribution >= 0.6 is 24.4 Å². The molecule has 0 radical (unpaired) electrons. The van der Waals surface area contributed by atoms with E-state index in [4.69, 9.17) is 11.6 Å². The molecular formula is C18H20ClN3OS. The summed E-state index contributed by atoms with van der Waals surface area (Å²) in [5.74, 6) is 0. The zero-order chi connectivity index (χ0) is 16.9. The van der Waals surface area contributed by atoms with Crippen molar-refractivity contribution in [2.45, 2.75) is 25.4 Å². The summed E-state index contributed by atoms with van der Waals surface area (Å²) in [7, 11) is 0. The van der Waals surface area contributed by atoms with E-state index in [1.807, 2.05) is 42.5 Å². The zero-order valence-electron chi connectivity index (χ0n) is 13.2. The Bertz CT molecular complexity index is 807. The highest BCUT2D eigenvalue weighted by Crippen LogP contribution is 2.32. The molecule has 3 rings (SSSR count). The molecule has 3 aromatic rings. The smallest absolute Gasteiger partial charge is 0.0999 e. The fourth-order valence-electron chi connectivity index (χ4n) is 2.87. The number of aliphatic hydroxyl groups excluding tert-OH is 1. The number of fused-ring (bicyclic) bond motifs is 1. The van der Waals surface area contributed by atoms with Crippen LogP contribution in [0.15, 0.2) is 42.5 Å². The van der Waals surface area contributed by atoms with Crippen LogP contribution in [-0.4, -0.2) is 28.0 Å². The van der Waals surface area contributed by atoms with Gasteiger partial charge in [0.05, 0.1) is 17.3 Å². The molecular weight excluding hydrogens is 342 g/mol. The van der Waals surface area contributed by atoms with Gasteiger partial charge in [0, 0.05) is 22.5 Å². The summed E-state index contributed by atoms with van der Waals surface area (Å²) in [6, 6.07) is 14.0. The van der Waals surface area contributed by atoms with E-state index < -0.39 is 0 Å². The van der Waals surface area contributed by atoms with Crippen LogP contribution in [0.3, 0.4) is 0 Å². The summed E-state index contributed by atoms with van der Waals surface area (Å²) in [6.45, 7) is 0.671. The maximum Gasteiger partial charge on any atom is 0.0999 e. The second-order valence-corrected chi connectivity index (χ2v) is 6.50. The van der Waals surface area contributed by atoms with E-state index in [2.05, 4.69) is 27.7 Å². The molecule has 4 nitrogen and oxygen atoms in total. The zero-order valence-corrected chi connectivity index (χ0v) is 14.8. The van der Waals surface area contributed by atoms with Crippen LogP contribution in [-0.2, 0) is 6.42 Å². The Morgan fingerprint density at radius 1 is 1.17 bits per heavy atom. The molecule has 0 aliphatic carbocycles. The average Bonchev–Trinajstić information content (AvgIpc) is 3.04. The average molecular weight is 362 g/mol. The van der Waals surface area contributed by atoms with E-state index in [9.17, 15) is 5.11 Å². The Labute approximate surface area is 151 Å². The molecule has 1 heterocycles. The van der Waals surface area contributed by atoms with Crippen molar-refractivity contribution < 1.29 is 5.11 Å². The number of nitrogens with zero attached hydrogens (tertiary/aromatic N) is 1. The fraction of sp³-hybridized carbons (Fsp3) is 0.278. The summed E-state index contributed by atoms with van der Waals surface area (Å²) in [5.41, 5.74) is 3.93. The van der Waals surface area contributed by atoms with Gasteiger partial charge in [0.2, 0.25) is 0 Å². The third-order valence-corrected chi connectivity index (χ3v) is 4.73. The van der Waals surface area contributed by atoms with Gasteiger partial charge in [0.1, 0.15) is 0 Å². The minimum absolute atomic E-state index is 0.382. The number of aromatic nitrogens is 2. The summed E-state index contributed by atoms with van der Waals surface area (Å²) < 4.78 is 2.75. The fourth-order valence-corrected chi connectivity index (χ4v) is 3.25. The highest BCUT2D eigenvalue weighted by Gasteiger charge is 2.15. The third-order valence-electron chi connectivity index (χ3n) is 4.15. The Hall–Kier alpha value is -1.53. The van der Waals surface area contributed by atoms with Gasteiger partial charge in [0.15, 0.2) is 0 Å². The van der Waals surface area contributed by atoms with Crippen molar-refractivity contribution in [3.63, 3.8) is 0 Å². The first kappa shape index (κ1) is 17.3. The predicted molar refractivity (Wildman–Crippen MR) is 102 cm³/mol. The van der Waals surface area contributed by atoms with E-state index >= 15 is 0 Å². The molecule has 6 heteroatoms. The van der Waals surface area contributed by atoms with Crippen molar-refractivity contribution >= 4 is 35.3 Å². The SMILES string of the molecule is OC(CCNS)CCc1c(Cl)ccc2c(-c3ccccc3)n[nH]c12. The first-order valence-electron chi connectivity index (χ1n) is 7.96. The number of H-pyrrole nitrogens is 1. The lowest BCUT2D eigenvalue weighted by molar-refractivity contribution is 0.157. The minimum Gasteiger partial charge on any atom is -0.393 e. The lowest BCUT2D eigenvalue weighted by Gasteiger charge is -2.11. The predicted octanol–water partition coefficient (Wildman–Crippen LogP) is 4.00. The Balaban J connectivity index is 1.88. The van der Waals surface area contributed by atoms with Gasteiger partial charge >= 0.3 is 0 Å². The standard InChI is InChI=1S/C18H20ClN3OS/c19-16-9-8-15-17(12-4-2-1-3-5-12)21-22-18(15)14(16)7-6-13(23)10-11-20-24/h1-5,8-9,13,20,23-24H,6-7,10-11H2,(H,21,22). The van der Waals surface area contributed by atoms with Gasteiger partial charge in [0.25, 0.3) is 0 Å². The molecule has 0 aliphatic rings. The number of nitrogens with one attached hydrogen (secondary N) is 2. The Kier molecular flexibility index (Phi) is 5.79. The topological polar surface area (TPSA) is 60.9 Å². The van der Waals surface area contributed by atoms with Crippen LogP contribution < -0.4 is 4.72 Å². The lowest BCUT2D eigenvalue weighted by atomic mass is 10.0. The van der Waals surface area contributed by atoms with Gasteiger partial charge in [-0.25, -0.2) is 0 Å². The molecule has 126 valence electrons. The van der Waals surface area contributed by atoms with Gasteiger partial charge in [-0.1, -0.05) is 54.7 Å². The number of rotatable bonds is 7. The molecule has 2 aromatic carbocycles. The van der Waals surface area contributed by atoms with Crippen molar-refractivity contribution in [1.82, 2.24) is 14.9 Å². The molecule has 0 aliphatic heterocycles. The molecule has 1 aromatic heterocycles. The van der Waals surface area contributed by atoms with Gasteiger partial charge in [-0.15, -0.1) is 0 Å². The summed E-state index contributed by atoms with van der Waals surface area (Å²) in [6.07, 6.45) is 1.62. The maximum absolute atomic E-state index is 10.0. The minimum atomic E-state index is -0.382. The normalized spacial score (nSPS) is 12.6. The number of hydrogen-bond donors (Lipinski definition) is 4. The monoisotopic (exact) mass is 361 g/mol. The molecule has 0 fully saturated rings. The molecule has 24 heavy (non-hydrogen) atoms. The van der Waals surface area contributed by atoms with E-state index in [1.54, 1.807) is 0 Å². The summed E-state index contributed by atoms with van der Waals surface area (Å²) >= 11 is 10.3. The first-order chi connectivity index (χ1) is 11.7. The molecule has 1 unspecified atom stereocenters. The molecule has 3 N–H and O–H groups in total. The van der Waals surface area contributed by atoms with Crippen molar-refractivity contribution in [3.05, 3.63) is 53.1 Å². The summed E-state index contributed by atoms with van der Waals surface area (Å²) in [4.78, 5) is 0. The number of aromatic amines is 1. The number of hydrogen-bond acceptors (Lipinski definition) is 4. The van der Waals surface area contributed by atoms with Crippen LogP contribution in [0, 0.1) is 0 Å². The van der Waals surface area contributed by atoms with Crippen LogP contribution in [0.25, 0.3) is 22.2 Å². The molecule has 0 saturated heterocycles. The first-order valence-corrected chi connectivity index (χ1v) is 8.79. The molecule has 0 amide bonds. The number of aryl methyl sites for hydroxylation is 1. The van der Waals surface area contributed by atoms with Crippen LogP contribution in [0.1, 0.15) is 18.4 Å². The highest BCUT2D eigenvalue weighted by atomic mass is 35.5. The molecule has 0 saturated carbocycles. The van der Waals surface area contributed by atoms with Crippen molar-refractivity contribution in [1.29, 1.82) is 0 Å². The molecule has 0 spiro atoms.